The second kappa shape index (κ2) is 15.9. The fraction of sp³-hybridized carbons (Fsp3) is 0.457. The molecule has 0 atom stereocenters. The summed E-state index contributed by atoms with van der Waals surface area (Å²) in [5, 5.41) is 2.89. The highest BCUT2D eigenvalue weighted by atomic mass is 32.2. The van der Waals surface area contributed by atoms with Crippen molar-refractivity contribution >= 4 is 37.6 Å². The van der Waals surface area contributed by atoms with Gasteiger partial charge in [-0.3, -0.25) is 8.98 Å². The zero-order valence-electron chi connectivity index (χ0n) is 25.1. The van der Waals surface area contributed by atoms with Gasteiger partial charge in [-0.2, -0.15) is 8.42 Å². The minimum absolute atomic E-state index is 0.0473. The number of carbonyl (C=O) groups is 1. The molecule has 6 nitrogen and oxygen atoms in total. The largest absolute Gasteiger partial charge is 0.493 e. The minimum atomic E-state index is -3.32. The van der Waals surface area contributed by atoms with Crippen LogP contribution in [0.3, 0.4) is 0 Å². The number of hydrogen-bond donors (Lipinski definition) is 0. The lowest BCUT2D eigenvalue weighted by molar-refractivity contribution is 0.104. The molecule has 4 rings (SSSR count). The van der Waals surface area contributed by atoms with E-state index in [-0.39, 0.29) is 12.4 Å². The van der Waals surface area contributed by atoms with E-state index in [1.807, 2.05) is 54.7 Å². The van der Waals surface area contributed by atoms with E-state index >= 15 is 0 Å². The predicted molar refractivity (Wildman–Crippen MR) is 172 cm³/mol. The minimum Gasteiger partial charge on any atom is -0.493 e. The molecule has 0 bridgehead atoms. The Balaban J connectivity index is 1.31. The first-order chi connectivity index (χ1) is 20.4. The molecule has 226 valence electrons. The molecule has 0 amide bonds. The number of fused-ring (bicyclic) bond motifs is 2. The molecular weight excluding hydrogens is 546 g/mol. The third-order valence-electron chi connectivity index (χ3n) is 7.76. The Morgan fingerprint density at radius 1 is 0.690 bits per heavy atom. The normalized spacial score (nSPS) is 11.9. The van der Waals surface area contributed by atoms with Crippen molar-refractivity contribution in [3.05, 3.63) is 78.0 Å². The number of aromatic nitrogens is 1. The summed E-state index contributed by atoms with van der Waals surface area (Å²) in [7, 11) is -3.32. The molecule has 0 saturated carbocycles. The summed E-state index contributed by atoms with van der Waals surface area (Å²) in [5.74, 6) is 0.867. The monoisotopic (exact) mass is 591 g/mol. The highest BCUT2D eigenvalue weighted by molar-refractivity contribution is 7.85. The van der Waals surface area contributed by atoms with Gasteiger partial charge >= 0.3 is 0 Å². The highest BCUT2D eigenvalue weighted by Gasteiger charge is 2.19. The number of hydrogen-bond acceptors (Lipinski definition) is 5. The standard InChI is InChI=1S/C35H45NO5S/c1-3-4-15-24-36-27-32(29-19-13-14-21-33(29)36)35(37)31-22-23-34(30-20-12-11-18-28(30)31)40-25-16-9-7-5-6-8-10-17-26-41-42(2,38)39/h11-14,18-23,27H,3-10,15-17,24-26H2,1-2H3. The van der Waals surface area contributed by atoms with Crippen LogP contribution in [0.1, 0.15) is 93.5 Å². The van der Waals surface area contributed by atoms with Gasteiger partial charge in [0.25, 0.3) is 10.1 Å². The second-order valence-corrected chi connectivity index (χ2v) is 12.8. The van der Waals surface area contributed by atoms with Crippen molar-refractivity contribution in [2.75, 3.05) is 19.5 Å². The van der Waals surface area contributed by atoms with Crippen molar-refractivity contribution in [1.82, 2.24) is 4.57 Å². The molecule has 4 aromatic rings. The number of para-hydroxylation sites is 1. The second-order valence-electron chi connectivity index (χ2n) is 11.1. The third kappa shape index (κ3) is 8.92. The number of aryl methyl sites for hydroxylation is 1. The number of ether oxygens (including phenoxy) is 1. The lowest BCUT2D eigenvalue weighted by Crippen LogP contribution is -2.04. The fourth-order valence-corrected chi connectivity index (χ4v) is 5.96. The molecule has 1 aromatic heterocycles. The molecule has 0 aliphatic carbocycles. The molecule has 7 heteroatoms. The van der Waals surface area contributed by atoms with Crippen LogP contribution in [0.25, 0.3) is 21.7 Å². The molecule has 0 aliphatic heterocycles. The number of nitrogens with zero attached hydrogens (tertiary/aromatic N) is 1. The van der Waals surface area contributed by atoms with Gasteiger partial charge in [-0.1, -0.05) is 101 Å². The smallest absolute Gasteiger partial charge is 0.264 e. The molecule has 0 saturated heterocycles. The molecule has 0 spiro atoms. The zero-order valence-corrected chi connectivity index (χ0v) is 26.0. The maximum absolute atomic E-state index is 13.9. The van der Waals surface area contributed by atoms with Gasteiger partial charge in [0.1, 0.15) is 5.75 Å². The summed E-state index contributed by atoms with van der Waals surface area (Å²) < 4.78 is 35.2. The lowest BCUT2D eigenvalue weighted by Gasteiger charge is -2.12. The molecule has 42 heavy (non-hydrogen) atoms. The van der Waals surface area contributed by atoms with Crippen LogP contribution in [-0.2, 0) is 20.8 Å². The topological polar surface area (TPSA) is 74.6 Å². The van der Waals surface area contributed by atoms with Gasteiger partial charge in [0, 0.05) is 40.2 Å². The number of carbonyl (C=O) groups excluding carboxylic acids is 1. The Morgan fingerprint density at radius 2 is 1.31 bits per heavy atom. The van der Waals surface area contributed by atoms with E-state index in [0.29, 0.717) is 12.2 Å². The SMILES string of the molecule is CCCCCn1cc(C(=O)c2ccc(OCCCCCCCCCCOS(C)(=O)=O)c3ccccc23)c2ccccc21. The van der Waals surface area contributed by atoms with Crippen LogP contribution in [0.2, 0.25) is 0 Å². The molecule has 1 heterocycles. The molecule has 0 radical (unpaired) electrons. The highest BCUT2D eigenvalue weighted by Crippen LogP contribution is 2.32. The molecular formula is C35H45NO5S. The van der Waals surface area contributed by atoms with Crippen LogP contribution >= 0.6 is 0 Å². The van der Waals surface area contributed by atoms with E-state index < -0.39 is 10.1 Å². The average molecular weight is 592 g/mol. The molecule has 3 aromatic carbocycles. The number of benzene rings is 3. The number of rotatable bonds is 19. The van der Waals surface area contributed by atoms with E-state index in [1.165, 1.54) is 19.3 Å². The van der Waals surface area contributed by atoms with E-state index in [4.69, 9.17) is 8.92 Å². The summed E-state index contributed by atoms with van der Waals surface area (Å²) in [5.41, 5.74) is 2.57. The van der Waals surface area contributed by atoms with Gasteiger partial charge in [0.05, 0.1) is 19.5 Å². The first-order valence-corrected chi connectivity index (χ1v) is 17.3. The van der Waals surface area contributed by atoms with Gasteiger partial charge in [0.2, 0.25) is 0 Å². The van der Waals surface area contributed by atoms with E-state index in [2.05, 4.69) is 23.6 Å². The molecule has 0 aliphatic rings. The van der Waals surface area contributed by atoms with E-state index in [1.54, 1.807) is 0 Å². The molecule has 0 N–H and O–H groups in total. The Bertz CT molecular complexity index is 1560. The van der Waals surface area contributed by atoms with Crippen LogP contribution in [0.15, 0.2) is 66.9 Å². The van der Waals surface area contributed by atoms with Crippen molar-refractivity contribution in [3.63, 3.8) is 0 Å². The van der Waals surface area contributed by atoms with E-state index in [9.17, 15) is 13.2 Å². The molecule has 0 fully saturated rings. The van der Waals surface area contributed by atoms with Crippen molar-refractivity contribution in [2.24, 2.45) is 0 Å². The van der Waals surface area contributed by atoms with Crippen molar-refractivity contribution in [1.29, 1.82) is 0 Å². The number of unbranched alkanes of at least 4 members (excludes halogenated alkanes) is 9. The molecule has 0 unspecified atom stereocenters. The van der Waals surface area contributed by atoms with Crippen LogP contribution in [-0.4, -0.2) is 38.2 Å². The van der Waals surface area contributed by atoms with Crippen LogP contribution in [0.5, 0.6) is 5.75 Å². The first-order valence-electron chi connectivity index (χ1n) is 15.5. The van der Waals surface area contributed by atoms with Gasteiger partial charge in [0.15, 0.2) is 5.78 Å². The summed E-state index contributed by atoms with van der Waals surface area (Å²) >= 11 is 0. The Hall–Kier alpha value is -3.16. The third-order valence-corrected chi connectivity index (χ3v) is 8.35. The summed E-state index contributed by atoms with van der Waals surface area (Å²) in [6, 6.07) is 20.1. The van der Waals surface area contributed by atoms with E-state index in [0.717, 1.165) is 97.2 Å². The maximum Gasteiger partial charge on any atom is 0.264 e. The first kappa shape index (κ1) is 31.8. The Labute approximate surface area is 251 Å². The summed E-state index contributed by atoms with van der Waals surface area (Å²) in [6.07, 6.45) is 15.0. The number of ketones is 1. The predicted octanol–water partition coefficient (Wildman–Crippen LogP) is 8.69. The van der Waals surface area contributed by atoms with Gasteiger partial charge in [-0.15, -0.1) is 0 Å². The lowest BCUT2D eigenvalue weighted by atomic mass is 9.96. The van der Waals surface area contributed by atoms with Crippen molar-refractivity contribution in [3.8, 4) is 5.75 Å². The van der Waals surface area contributed by atoms with Crippen LogP contribution < -0.4 is 4.74 Å². The van der Waals surface area contributed by atoms with Crippen molar-refractivity contribution in [2.45, 2.75) is 84.1 Å². The van der Waals surface area contributed by atoms with Gasteiger partial charge in [-0.05, 0) is 42.8 Å². The Kier molecular flexibility index (Phi) is 12.0. The quantitative estimate of drug-likeness (QED) is 0.0619. The maximum atomic E-state index is 13.9. The van der Waals surface area contributed by atoms with Crippen molar-refractivity contribution < 1.29 is 22.1 Å². The van der Waals surface area contributed by atoms with Gasteiger partial charge in [-0.25, -0.2) is 0 Å². The summed E-state index contributed by atoms with van der Waals surface area (Å²) in [6.45, 7) is 4.05. The zero-order chi connectivity index (χ0) is 29.8. The fourth-order valence-electron chi connectivity index (χ4n) is 5.54. The van der Waals surface area contributed by atoms with Gasteiger partial charge < -0.3 is 9.30 Å². The Morgan fingerprint density at radius 3 is 2.00 bits per heavy atom. The summed E-state index contributed by atoms with van der Waals surface area (Å²) in [4.78, 5) is 13.9. The average Bonchev–Trinajstić information content (AvgIpc) is 3.35. The van der Waals surface area contributed by atoms with Crippen LogP contribution in [0.4, 0.5) is 0 Å². The van der Waals surface area contributed by atoms with Crippen LogP contribution in [0, 0.1) is 0 Å².